The van der Waals surface area contributed by atoms with Gasteiger partial charge in [0, 0.05) is 12.2 Å². The van der Waals surface area contributed by atoms with Crippen LogP contribution in [-0.4, -0.2) is 19.0 Å². The largest absolute Gasteiger partial charge is 0.376 e. The van der Waals surface area contributed by atoms with Gasteiger partial charge in [0.1, 0.15) is 0 Å². The SMILES string of the molecule is O=C(CNc1ccc2ccccc2c1)NCCc1ccccc1. The van der Waals surface area contributed by atoms with Crippen LogP contribution in [0.4, 0.5) is 5.69 Å². The lowest BCUT2D eigenvalue weighted by Gasteiger charge is -2.09. The van der Waals surface area contributed by atoms with E-state index in [4.69, 9.17) is 0 Å². The third-order valence-corrected chi connectivity index (χ3v) is 3.78. The lowest BCUT2D eigenvalue weighted by atomic mass is 10.1. The molecule has 0 aliphatic rings. The first-order valence-corrected chi connectivity index (χ1v) is 7.84. The van der Waals surface area contributed by atoms with Crippen molar-refractivity contribution in [2.45, 2.75) is 6.42 Å². The van der Waals surface area contributed by atoms with Crippen LogP contribution < -0.4 is 10.6 Å². The summed E-state index contributed by atoms with van der Waals surface area (Å²) < 4.78 is 0. The minimum atomic E-state index is 0.00842. The van der Waals surface area contributed by atoms with Crippen molar-refractivity contribution in [3.05, 3.63) is 78.4 Å². The summed E-state index contributed by atoms with van der Waals surface area (Å²) in [5.74, 6) is 0.00842. The fourth-order valence-corrected chi connectivity index (χ4v) is 2.54. The number of carbonyl (C=O) groups excluding carboxylic acids is 1. The second kappa shape index (κ2) is 7.45. The number of benzene rings is 3. The molecule has 3 rings (SSSR count). The highest BCUT2D eigenvalue weighted by molar-refractivity contribution is 5.87. The van der Waals surface area contributed by atoms with Gasteiger partial charge in [-0.05, 0) is 34.9 Å². The van der Waals surface area contributed by atoms with Gasteiger partial charge >= 0.3 is 0 Å². The van der Waals surface area contributed by atoms with Crippen LogP contribution in [-0.2, 0) is 11.2 Å². The molecule has 0 aromatic heterocycles. The van der Waals surface area contributed by atoms with Gasteiger partial charge in [-0.3, -0.25) is 4.79 Å². The molecule has 3 heteroatoms. The monoisotopic (exact) mass is 304 g/mol. The number of rotatable bonds is 6. The van der Waals surface area contributed by atoms with Crippen molar-refractivity contribution < 1.29 is 4.79 Å². The number of hydrogen-bond acceptors (Lipinski definition) is 2. The Hall–Kier alpha value is -2.81. The molecule has 0 spiro atoms. The molecular weight excluding hydrogens is 284 g/mol. The highest BCUT2D eigenvalue weighted by atomic mass is 16.1. The average molecular weight is 304 g/mol. The van der Waals surface area contributed by atoms with E-state index in [-0.39, 0.29) is 12.5 Å². The number of hydrogen-bond donors (Lipinski definition) is 2. The van der Waals surface area contributed by atoms with Crippen molar-refractivity contribution in [2.75, 3.05) is 18.4 Å². The van der Waals surface area contributed by atoms with Gasteiger partial charge < -0.3 is 10.6 Å². The lowest BCUT2D eigenvalue weighted by molar-refractivity contribution is -0.119. The van der Waals surface area contributed by atoms with Gasteiger partial charge in [-0.2, -0.15) is 0 Å². The predicted molar refractivity (Wildman–Crippen MR) is 95.6 cm³/mol. The number of fused-ring (bicyclic) bond motifs is 1. The maximum Gasteiger partial charge on any atom is 0.239 e. The molecule has 2 N–H and O–H groups in total. The number of anilines is 1. The van der Waals surface area contributed by atoms with Crippen LogP contribution in [0.3, 0.4) is 0 Å². The standard InChI is InChI=1S/C20H20N2O/c23-20(21-13-12-16-6-2-1-3-7-16)15-22-19-11-10-17-8-4-5-9-18(17)14-19/h1-11,14,22H,12-13,15H2,(H,21,23). The quantitative estimate of drug-likeness (QED) is 0.730. The zero-order valence-electron chi connectivity index (χ0n) is 13.0. The molecule has 0 heterocycles. The van der Waals surface area contributed by atoms with E-state index >= 15 is 0 Å². The first-order valence-electron chi connectivity index (χ1n) is 7.84. The summed E-state index contributed by atoms with van der Waals surface area (Å²) in [6.07, 6.45) is 0.850. The summed E-state index contributed by atoms with van der Waals surface area (Å²) in [6, 6.07) is 24.5. The second-order valence-electron chi connectivity index (χ2n) is 5.50. The first kappa shape index (κ1) is 15.1. The van der Waals surface area contributed by atoms with E-state index in [9.17, 15) is 4.79 Å². The summed E-state index contributed by atoms with van der Waals surface area (Å²) in [5, 5.41) is 8.48. The minimum absolute atomic E-state index is 0.00842. The van der Waals surface area contributed by atoms with Crippen molar-refractivity contribution in [3.63, 3.8) is 0 Å². The van der Waals surface area contributed by atoms with E-state index in [0.29, 0.717) is 6.54 Å². The van der Waals surface area contributed by atoms with E-state index in [1.54, 1.807) is 0 Å². The fourth-order valence-electron chi connectivity index (χ4n) is 2.54. The third kappa shape index (κ3) is 4.33. The minimum Gasteiger partial charge on any atom is -0.376 e. The van der Waals surface area contributed by atoms with Crippen LogP contribution >= 0.6 is 0 Å². The smallest absolute Gasteiger partial charge is 0.239 e. The van der Waals surface area contributed by atoms with Crippen LogP contribution in [0, 0.1) is 0 Å². The maximum atomic E-state index is 11.9. The van der Waals surface area contributed by atoms with Gasteiger partial charge in [0.25, 0.3) is 0 Å². The van der Waals surface area contributed by atoms with E-state index in [1.165, 1.54) is 16.3 Å². The number of carbonyl (C=O) groups is 1. The number of amides is 1. The average Bonchev–Trinajstić information content (AvgIpc) is 2.61. The van der Waals surface area contributed by atoms with Crippen LogP contribution in [0.15, 0.2) is 72.8 Å². The topological polar surface area (TPSA) is 41.1 Å². The Morgan fingerprint density at radius 1 is 0.826 bits per heavy atom. The van der Waals surface area contributed by atoms with Crippen molar-refractivity contribution >= 4 is 22.4 Å². The van der Waals surface area contributed by atoms with Gasteiger partial charge in [0.2, 0.25) is 5.91 Å². The maximum absolute atomic E-state index is 11.9. The molecule has 0 radical (unpaired) electrons. The summed E-state index contributed by atoms with van der Waals surface area (Å²) in [5.41, 5.74) is 2.19. The molecular formula is C20H20N2O. The van der Waals surface area contributed by atoms with Crippen molar-refractivity contribution in [2.24, 2.45) is 0 Å². The fraction of sp³-hybridized carbons (Fsp3) is 0.150. The van der Waals surface area contributed by atoms with E-state index in [1.807, 2.05) is 36.4 Å². The molecule has 0 aliphatic heterocycles. The molecule has 0 fully saturated rings. The highest BCUT2D eigenvalue weighted by Crippen LogP contribution is 2.18. The van der Waals surface area contributed by atoms with E-state index in [2.05, 4.69) is 47.0 Å². The summed E-state index contributed by atoms with van der Waals surface area (Å²) in [7, 11) is 0. The highest BCUT2D eigenvalue weighted by Gasteiger charge is 2.01. The summed E-state index contributed by atoms with van der Waals surface area (Å²) in [4.78, 5) is 11.9. The van der Waals surface area contributed by atoms with Gasteiger partial charge in [-0.1, -0.05) is 60.7 Å². The Kier molecular flexibility index (Phi) is 4.89. The zero-order chi connectivity index (χ0) is 15.9. The Morgan fingerprint density at radius 3 is 2.39 bits per heavy atom. The van der Waals surface area contributed by atoms with E-state index < -0.39 is 0 Å². The Morgan fingerprint density at radius 2 is 1.57 bits per heavy atom. The molecule has 3 aromatic rings. The molecule has 0 aliphatic carbocycles. The predicted octanol–water partition coefficient (Wildman–Crippen LogP) is 3.61. The van der Waals surface area contributed by atoms with Crippen LogP contribution in [0.5, 0.6) is 0 Å². The van der Waals surface area contributed by atoms with Gasteiger partial charge in [-0.25, -0.2) is 0 Å². The molecule has 23 heavy (non-hydrogen) atoms. The van der Waals surface area contributed by atoms with Crippen LogP contribution in [0.2, 0.25) is 0 Å². The first-order chi connectivity index (χ1) is 11.3. The van der Waals surface area contributed by atoms with Gasteiger partial charge in [-0.15, -0.1) is 0 Å². The zero-order valence-corrected chi connectivity index (χ0v) is 13.0. The van der Waals surface area contributed by atoms with Crippen molar-refractivity contribution in [1.29, 1.82) is 0 Å². The molecule has 0 saturated carbocycles. The normalized spacial score (nSPS) is 10.4. The summed E-state index contributed by atoms with van der Waals surface area (Å²) >= 11 is 0. The molecule has 3 aromatic carbocycles. The molecule has 116 valence electrons. The van der Waals surface area contributed by atoms with Gasteiger partial charge in [0.15, 0.2) is 0 Å². The molecule has 1 amide bonds. The van der Waals surface area contributed by atoms with Crippen molar-refractivity contribution in [3.8, 4) is 0 Å². The Balaban J connectivity index is 1.46. The third-order valence-electron chi connectivity index (χ3n) is 3.78. The second-order valence-corrected chi connectivity index (χ2v) is 5.50. The van der Waals surface area contributed by atoms with Crippen LogP contribution in [0.25, 0.3) is 10.8 Å². The molecule has 0 saturated heterocycles. The van der Waals surface area contributed by atoms with Gasteiger partial charge in [0.05, 0.1) is 6.54 Å². The number of nitrogens with one attached hydrogen (secondary N) is 2. The molecule has 0 bridgehead atoms. The Labute approximate surface area is 136 Å². The Bertz CT molecular complexity index is 784. The molecule has 0 unspecified atom stereocenters. The molecule has 0 atom stereocenters. The van der Waals surface area contributed by atoms with Crippen LogP contribution in [0.1, 0.15) is 5.56 Å². The van der Waals surface area contributed by atoms with E-state index in [0.717, 1.165) is 12.1 Å². The lowest BCUT2D eigenvalue weighted by Crippen LogP contribution is -2.31. The summed E-state index contributed by atoms with van der Waals surface area (Å²) in [6.45, 7) is 0.940. The van der Waals surface area contributed by atoms with Crippen molar-refractivity contribution in [1.82, 2.24) is 5.32 Å². The molecule has 3 nitrogen and oxygen atoms in total.